The van der Waals surface area contributed by atoms with Gasteiger partial charge in [0, 0.05) is 6.92 Å². The van der Waals surface area contributed by atoms with Crippen molar-refractivity contribution >= 4 is 11.9 Å². The minimum absolute atomic E-state index is 0.289. The minimum Gasteiger partial charge on any atom is -0.481 e. The van der Waals surface area contributed by atoms with Crippen molar-refractivity contribution in [3.8, 4) is 0 Å². The van der Waals surface area contributed by atoms with E-state index in [4.69, 9.17) is 9.84 Å². The zero-order chi connectivity index (χ0) is 11.2. The molecule has 0 saturated heterocycles. The van der Waals surface area contributed by atoms with Crippen molar-refractivity contribution in [2.24, 2.45) is 5.41 Å². The van der Waals surface area contributed by atoms with Crippen molar-refractivity contribution < 1.29 is 19.4 Å². The van der Waals surface area contributed by atoms with Crippen molar-refractivity contribution in [3.05, 3.63) is 0 Å². The molecule has 4 nitrogen and oxygen atoms in total. The number of rotatable bonds is 6. The lowest BCUT2D eigenvalue weighted by Crippen LogP contribution is -2.23. The number of carbonyl (C=O) groups excluding carboxylic acids is 1. The third kappa shape index (κ3) is 5.56. The number of carbonyl (C=O) groups is 2. The molecule has 82 valence electrons. The average Bonchev–Trinajstić information content (AvgIpc) is 2.02. The summed E-state index contributed by atoms with van der Waals surface area (Å²) in [5, 5.41) is 8.80. The first-order valence-corrected chi connectivity index (χ1v) is 4.73. The number of ether oxygens (including phenoxy) is 1. The van der Waals surface area contributed by atoms with E-state index in [0.717, 1.165) is 12.8 Å². The van der Waals surface area contributed by atoms with Gasteiger partial charge in [-0.25, -0.2) is 0 Å². The number of carboxylic acids is 1. The fourth-order valence-corrected chi connectivity index (χ4v) is 0.992. The highest BCUT2D eigenvalue weighted by Gasteiger charge is 2.25. The molecule has 0 aromatic carbocycles. The van der Waals surface area contributed by atoms with Crippen molar-refractivity contribution in [2.45, 2.75) is 40.0 Å². The second-order valence-corrected chi connectivity index (χ2v) is 3.99. The van der Waals surface area contributed by atoms with Gasteiger partial charge in [-0.05, 0) is 33.1 Å². The third-order valence-electron chi connectivity index (χ3n) is 2.08. The molecular formula is C10H18O4. The molecule has 0 unspecified atom stereocenters. The molecule has 0 aliphatic carbocycles. The summed E-state index contributed by atoms with van der Waals surface area (Å²) in [6.45, 7) is 5.13. The van der Waals surface area contributed by atoms with Crippen LogP contribution < -0.4 is 0 Å². The lowest BCUT2D eigenvalue weighted by molar-refractivity contribution is -0.147. The van der Waals surface area contributed by atoms with E-state index in [1.165, 1.54) is 6.92 Å². The van der Waals surface area contributed by atoms with Gasteiger partial charge >= 0.3 is 11.9 Å². The van der Waals surface area contributed by atoms with E-state index in [0.29, 0.717) is 13.0 Å². The average molecular weight is 202 g/mol. The summed E-state index contributed by atoms with van der Waals surface area (Å²) in [6, 6.07) is 0. The maximum Gasteiger partial charge on any atom is 0.309 e. The number of esters is 1. The topological polar surface area (TPSA) is 63.6 Å². The van der Waals surface area contributed by atoms with E-state index in [1.807, 2.05) is 0 Å². The van der Waals surface area contributed by atoms with Crippen LogP contribution in [0.1, 0.15) is 40.0 Å². The van der Waals surface area contributed by atoms with Crippen molar-refractivity contribution in [1.82, 2.24) is 0 Å². The first-order chi connectivity index (χ1) is 6.36. The molecule has 14 heavy (non-hydrogen) atoms. The minimum atomic E-state index is -0.787. The second kappa shape index (κ2) is 5.62. The van der Waals surface area contributed by atoms with Gasteiger partial charge in [-0.1, -0.05) is 0 Å². The SMILES string of the molecule is CC(=O)OCCCCC(C)(C)C(=O)O. The van der Waals surface area contributed by atoms with Gasteiger partial charge < -0.3 is 9.84 Å². The molecule has 0 atom stereocenters. The molecule has 0 spiro atoms. The number of aliphatic carboxylic acids is 1. The highest BCUT2D eigenvalue weighted by molar-refractivity contribution is 5.73. The predicted molar refractivity (Wildman–Crippen MR) is 51.9 cm³/mol. The summed E-state index contributed by atoms with van der Waals surface area (Å²) in [7, 11) is 0. The molecule has 0 saturated carbocycles. The van der Waals surface area contributed by atoms with Gasteiger partial charge in [0.05, 0.1) is 12.0 Å². The molecule has 0 heterocycles. The van der Waals surface area contributed by atoms with Crippen molar-refractivity contribution in [1.29, 1.82) is 0 Å². The highest BCUT2D eigenvalue weighted by atomic mass is 16.5. The smallest absolute Gasteiger partial charge is 0.309 e. The first-order valence-electron chi connectivity index (χ1n) is 4.73. The molecule has 0 aliphatic heterocycles. The Morgan fingerprint density at radius 2 is 1.86 bits per heavy atom. The fraction of sp³-hybridized carbons (Fsp3) is 0.800. The molecule has 0 radical (unpaired) electrons. The summed E-state index contributed by atoms with van der Waals surface area (Å²) in [6.07, 6.45) is 2.08. The van der Waals surface area contributed by atoms with Crippen LogP contribution in [0.2, 0.25) is 0 Å². The zero-order valence-electron chi connectivity index (χ0n) is 9.00. The van der Waals surface area contributed by atoms with Crippen LogP contribution in [0.4, 0.5) is 0 Å². The van der Waals surface area contributed by atoms with Gasteiger partial charge in [-0.2, -0.15) is 0 Å². The Hall–Kier alpha value is -1.06. The van der Waals surface area contributed by atoms with E-state index >= 15 is 0 Å². The monoisotopic (exact) mass is 202 g/mol. The van der Waals surface area contributed by atoms with Crippen LogP contribution in [0.3, 0.4) is 0 Å². The highest BCUT2D eigenvalue weighted by Crippen LogP contribution is 2.23. The van der Waals surface area contributed by atoms with Gasteiger partial charge in [0.2, 0.25) is 0 Å². The van der Waals surface area contributed by atoms with Crippen molar-refractivity contribution in [2.75, 3.05) is 6.61 Å². The maximum absolute atomic E-state index is 10.7. The maximum atomic E-state index is 10.7. The fourth-order valence-electron chi connectivity index (χ4n) is 0.992. The largest absolute Gasteiger partial charge is 0.481 e. The number of carboxylic acid groups (broad SMARTS) is 1. The van der Waals surface area contributed by atoms with Crippen LogP contribution >= 0.6 is 0 Å². The van der Waals surface area contributed by atoms with Crippen LogP contribution in [0.15, 0.2) is 0 Å². The quantitative estimate of drug-likeness (QED) is 0.527. The van der Waals surface area contributed by atoms with Gasteiger partial charge in [-0.15, -0.1) is 0 Å². The van der Waals surface area contributed by atoms with Gasteiger partial charge in [0.1, 0.15) is 0 Å². The molecule has 1 N–H and O–H groups in total. The summed E-state index contributed by atoms with van der Waals surface area (Å²) in [4.78, 5) is 21.1. The van der Waals surface area contributed by atoms with Gasteiger partial charge in [0.25, 0.3) is 0 Å². The second-order valence-electron chi connectivity index (χ2n) is 3.99. The lowest BCUT2D eigenvalue weighted by atomic mass is 9.87. The normalized spacial score (nSPS) is 11.1. The standard InChI is InChI=1S/C10H18O4/c1-8(11)14-7-5-4-6-10(2,3)9(12)13/h4-7H2,1-3H3,(H,12,13). The van der Waals surface area contributed by atoms with E-state index in [1.54, 1.807) is 13.8 Å². The Bertz CT molecular complexity index is 208. The molecule has 0 rings (SSSR count). The molecule has 0 aliphatic rings. The Morgan fingerprint density at radius 1 is 1.29 bits per heavy atom. The van der Waals surface area contributed by atoms with Crippen LogP contribution in [0.5, 0.6) is 0 Å². The Labute approximate surface area is 84.3 Å². The molecule has 0 amide bonds. The molecule has 0 aromatic heterocycles. The Balaban J connectivity index is 3.54. The predicted octanol–water partition coefficient (Wildman–Crippen LogP) is 1.83. The molecular weight excluding hydrogens is 184 g/mol. The van der Waals surface area contributed by atoms with Gasteiger partial charge in [-0.3, -0.25) is 9.59 Å². The molecule has 0 fully saturated rings. The van der Waals surface area contributed by atoms with E-state index in [2.05, 4.69) is 0 Å². The van der Waals surface area contributed by atoms with Crippen LogP contribution in [0, 0.1) is 5.41 Å². The summed E-state index contributed by atoms with van der Waals surface area (Å²) >= 11 is 0. The zero-order valence-corrected chi connectivity index (χ0v) is 9.00. The number of hydrogen-bond donors (Lipinski definition) is 1. The third-order valence-corrected chi connectivity index (χ3v) is 2.08. The molecule has 4 heteroatoms. The van der Waals surface area contributed by atoms with E-state index in [-0.39, 0.29) is 5.97 Å². The van der Waals surface area contributed by atoms with E-state index in [9.17, 15) is 9.59 Å². The number of hydrogen-bond acceptors (Lipinski definition) is 3. The van der Waals surface area contributed by atoms with Crippen LogP contribution in [0.25, 0.3) is 0 Å². The summed E-state index contributed by atoms with van der Waals surface area (Å²) in [5.41, 5.74) is -0.684. The Morgan fingerprint density at radius 3 is 2.29 bits per heavy atom. The Kier molecular flexibility index (Phi) is 5.20. The van der Waals surface area contributed by atoms with E-state index < -0.39 is 11.4 Å². The van der Waals surface area contributed by atoms with Gasteiger partial charge in [0.15, 0.2) is 0 Å². The van der Waals surface area contributed by atoms with Crippen LogP contribution in [-0.2, 0) is 14.3 Å². The first kappa shape index (κ1) is 12.9. The molecule has 0 bridgehead atoms. The summed E-state index contributed by atoms with van der Waals surface area (Å²) < 4.78 is 4.73. The summed E-state index contributed by atoms with van der Waals surface area (Å²) in [5.74, 6) is -1.08. The van der Waals surface area contributed by atoms with Crippen molar-refractivity contribution in [3.63, 3.8) is 0 Å². The molecule has 0 aromatic rings. The lowest BCUT2D eigenvalue weighted by Gasteiger charge is -2.18. The van der Waals surface area contributed by atoms with Crippen LogP contribution in [-0.4, -0.2) is 23.7 Å². The number of unbranched alkanes of at least 4 members (excludes halogenated alkanes) is 1.